The number of rotatable bonds is 15. The normalized spacial score (nSPS) is 16.0. The Kier molecular flexibility index (Phi) is 20.1. The van der Waals surface area contributed by atoms with E-state index < -0.39 is 5.60 Å². The minimum Gasteiger partial charge on any atom is -0.390 e. The first-order valence-corrected chi connectivity index (χ1v) is 14.4. The molecule has 0 aromatic rings. The zero-order valence-corrected chi connectivity index (χ0v) is 27.3. The molecule has 0 spiro atoms. The second-order valence-electron chi connectivity index (χ2n) is 11.3. The molecule has 0 saturated heterocycles. The van der Waals surface area contributed by atoms with Gasteiger partial charge in [-0.1, -0.05) is 167 Å². The van der Waals surface area contributed by atoms with Gasteiger partial charge in [0.2, 0.25) is 0 Å². The van der Waals surface area contributed by atoms with Crippen LogP contribution >= 0.6 is 0 Å². The van der Waals surface area contributed by atoms with Gasteiger partial charge in [-0.15, -0.1) is 0 Å². The summed E-state index contributed by atoms with van der Waals surface area (Å²) in [5.41, 5.74) is 7.77. The molecule has 1 heteroatoms. The number of allylic oxidation sites excluding steroid dienone is 27. The van der Waals surface area contributed by atoms with Crippen molar-refractivity contribution in [3.63, 3.8) is 0 Å². The van der Waals surface area contributed by atoms with Gasteiger partial charge in [0.15, 0.2) is 0 Å². The van der Waals surface area contributed by atoms with Gasteiger partial charge < -0.3 is 5.11 Å². The average molecular weight is 551 g/mol. The molecule has 0 aliphatic rings. The molecular formula is C40H54O. The molecule has 0 aromatic carbocycles. The number of aliphatic hydroxyl groups is 1. The van der Waals surface area contributed by atoms with Crippen molar-refractivity contribution in [3.8, 4) is 0 Å². The zero-order chi connectivity index (χ0) is 31.1. The van der Waals surface area contributed by atoms with Crippen molar-refractivity contribution < 1.29 is 5.11 Å². The van der Waals surface area contributed by atoms with Crippen molar-refractivity contribution in [2.45, 2.75) is 81.3 Å². The van der Waals surface area contributed by atoms with Gasteiger partial charge in [0.1, 0.15) is 0 Å². The molecule has 0 amide bonds. The summed E-state index contributed by atoms with van der Waals surface area (Å²) in [5.74, 6) is 0. The van der Waals surface area contributed by atoms with Gasteiger partial charge in [0.25, 0.3) is 0 Å². The Balaban J connectivity index is 4.79. The van der Waals surface area contributed by atoms with Crippen LogP contribution in [0.3, 0.4) is 0 Å². The van der Waals surface area contributed by atoms with Crippen molar-refractivity contribution in [1.29, 1.82) is 0 Å². The smallest absolute Gasteiger partial charge is 0.0626 e. The molecule has 0 aromatic heterocycles. The number of hydrogen-bond donors (Lipinski definition) is 1. The standard InChI is InChI=1S/C40H54O/c1-33(2)19-13-22-36(5)25-16-28-37(6)26-14-23-34(3)20-11-12-21-35(4)24-15-27-38(7)29-17-30-39(8)31-18-32-40(9,10)41/h11-31,41H,32H2,1-10H3. The Labute approximate surface area is 252 Å². The van der Waals surface area contributed by atoms with Crippen LogP contribution in [0.2, 0.25) is 0 Å². The lowest BCUT2D eigenvalue weighted by molar-refractivity contribution is 0.0839. The lowest BCUT2D eigenvalue weighted by Gasteiger charge is -2.13. The molecule has 1 N–H and O–H groups in total. The summed E-state index contributed by atoms with van der Waals surface area (Å²) in [7, 11) is 0. The summed E-state index contributed by atoms with van der Waals surface area (Å²) in [4.78, 5) is 0. The van der Waals surface area contributed by atoms with Crippen LogP contribution in [0.4, 0.5) is 0 Å². The van der Waals surface area contributed by atoms with E-state index in [4.69, 9.17) is 0 Å². The van der Waals surface area contributed by atoms with Crippen LogP contribution in [0.5, 0.6) is 0 Å². The first-order chi connectivity index (χ1) is 19.3. The van der Waals surface area contributed by atoms with Crippen LogP contribution in [0.15, 0.2) is 167 Å². The average Bonchev–Trinajstić information content (AvgIpc) is 2.85. The molecule has 0 atom stereocenters. The molecule has 0 bridgehead atoms. The first kappa shape index (κ1) is 37.3. The first-order valence-electron chi connectivity index (χ1n) is 14.4. The van der Waals surface area contributed by atoms with Crippen molar-refractivity contribution in [1.82, 2.24) is 0 Å². The van der Waals surface area contributed by atoms with Crippen LogP contribution in [0, 0.1) is 0 Å². The Bertz CT molecular complexity index is 1220. The second kappa shape index (κ2) is 22.1. The van der Waals surface area contributed by atoms with Gasteiger partial charge in [0.05, 0.1) is 5.60 Å². The van der Waals surface area contributed by atoms with Crippen LogP contribution < -0.4 is 0 Å². The third-order valence-corrected chi connectivity index (χ3v) is 5.49. The predicted molar refractivity (Wildman–Crippen MR) is 187 cm³/mol. The van der Waals surface area contributed by atoms with Gasteiger partial charge in [-0.2, -0.15) is 0 Å². The highest BCUT2D eigenvalue weighted by Crippen LogP contribution is 2.09. The molecule has 0 rings (SSSR count). The summed E-state index contributed by atoms with van der Waals surface area (Å²) >= 11 is 0. The van der Waals surface area contributed by atoms with Crippen LogP contribution in [0.25, 0.3) is 0 Å². The van der Waals surface area contributed by atoms with Gasteiger partial charge in [0, 0.05) is 0 Å². The SMILES string of the molecule is CC(C)=CC=CC(C)=CC=CC(C)=CC=CC(C)=CC=CC=C(C)C=CC=C(C)C=CC=C(C)C=CCC(C)(C)O. The fourth-order valence-corrected chi connectivity index (χ4v) is 3.08. The molecule has 0 unspecified atom stereocenters. The third-order valence-electron chi connectivity index (χ3n) is 5.49. The highest BCUT2D eigenvalue weighted by Gasteiger charge is 2.08. The monoisotopic (exact) mass is 550 g/mol. The van der Waals surface area contributed by atoms with E-state index in [1.807, 2.05) is 26.0 Å². The maximum Gasteiger partial charge on any atom is 0.0626 e. The Morgan fingerprint density at radius 3 is 0.976 bits per heavy atom. The van der Waals surface area contributed by atoms with Gasteiger partial charge >= 0.3 is 0 Å². The van der Waals surface area contributed by atoms with Crippen molar-refractivity contribution in [2.24, 2.45) is 0 Å². The van der Waals surface area contributed by atoms with E-state index in [-0.39, 0.29) is 0 Å². The van der Waals surface area contributed by atoms with Crippen molar-refractivity contribution in [3.05, 3.63) is 167 Å². The largest absolute Gasteiger partial charge is 0.390 e. The minimum atomic E-state index is -0.663. The lowest BCUT2D eigenvalue weighted by Crippen LogP contribution is -2.16. The van der Waals surface area contributed by atoms with Crippen molar-refractivity contribution in [2.75, 3.05) is 0 Å². The lowest BCUT2D eigenvalue weighted by atomic mass is 10.0. The van der Waals surface area contributed by atoms with Crippen LogP contribution in [-0.2, 0) is 0 Å². The summed E-state index contributed by atoms with van der Waals surface area (Å²) < 4.78 is 0. The minimum absolute atomic E-state index is 0.644. The summed E-state index contributed by atoms with van der Waals surface area (Å²) in [6.07, 6.45) is 44.5. The van der Waals surface area contributed by atoms with E-state index in [0.717, 1.165) is 5.57 Å². The van der Waals surface area contributed by atoms with Gasteiger partial charge in [-0.25, -0.2) is 0 Å². The summed E-state index contributed by atoms with van der Waals surface area (Å²) in [6.45, 7) is 20.4. The topological polar surface area (TPSA) is 20.2 Å². The Morgan fingerprint density at radius 2 is 0.683 bits per heavy atom. The number of hydrogen-bond acceptors (Lipinski definition) is 1. The Hall–Kier alpha value is -3.68. The van der Waals surface area contributed by atoms with E-state index in [1.165, 1.54) is 33.4 Å². The van der Waals surface area contributed by atoms with Crippen LogP contribution in [0.1, 0.15) is 75.7 Å². The quantitative estimate of drug-likeness (QED) is 0.201. The predicted octanol–water partition coefficient (Wildman–Crippen LogP) is 11.7. The molecule has 0 fully saturated rings. The van der Waals surface area contributed by atoms with E-state index in [2.05, 4.69) is 171 Å². The summed E-state index contributed by atoms with van der Waals surface area (Å²) in [5, 5.41) is 9.76. The third kappa shape index (κ3) is 26.3. The highest BCUT2D eigenvalue weighted by atomic mass is 16.3. The van der Waals surface area contributed by atoms with E-state index >= 15 is 0 Å². The molecule has 41 heavy (non-hydrogen) atoms. The Morgan fingerprint density at radius 1 is 0.415 bits per heavy atom. The maximum atomic E-state index is 9.76. The van der Waals surface area contributed by atoms with E-state index in [1.54, 1.807) is 0 Å². The fourth-order valence-electron chi connectivity index (χ4n) is 3.08. The highest BCUT2D eigenvalue weighted by molar-refractivity contribution is 5.34. The van der Waals surface area contributed by atoms with Gasteiger partial charge in [-0.05, 0) is 75.7 Å². The maximum absolute atomic E-state index is 9.76. The zero-order valence-electron chi connectivity index (χ0n) is 27.3. The van der Waals surface area contributed by atoms with E-state index in [0.29, 0.717) is 6.42 Å². The molecule has 0 radical (unpaired) electrons. The molecule has 1 nitrogen and oxygen atoms in total. The second-order valence-corrected chi connectivity index (χ2v) is 11.3. The fraction of sp³-hybridized carbons (Fsp3) is 0.300. The van der Waals surface area contributed by atoms with Gasteiger partial charge in [-0.3, -0.25) is 0 Å². The van der Waals surface area contributed by atoms with Crippen molar-refractivity contribution >= 4 is 0 Å². The molecule has 0 heterocycles. The molecule has 220 valence electrons. The summed E-state index contributed by atoms with van der Waals surface area (Å²) in [6, 6.07) is 0. The molecule has 0 aliphatic heterocycles. The molecule has 0 aliphatic carbocycles. The van der Waals surface area contributed by atoms with Crippen LogP contribution in [-0.4, -0.2) is 10.7 Å². The molecular weight excluding hydrogens is 496 g/mol. The van der Waals surface area contributed by atoms with E-state index in [9.17, 15) is 5.11 Å². The molecule has 0 saturated carbocycles.